The van der Waals surface area contributed by atoms with E-state index in [4.69, 9.17) is 16.7 Å². The van der Waals surface area contributed by atoms with Crippen molar-refractivity contribution in [1.29, 1.82) is 0 Å². The monoisotopic (exact) mass is 267 g/mol. The Balaban J connectivity index is 1.99. The lowest BCUT2D eigenvalue weighted by Gasteiger charge is -2.25. The fourth-order valence-electron chi connectivity index (χ4n) is 2.62. The van der Waals surface area contributed by atoms with Gasteiger partial charge in [0.25, 0.3) is 0 Å². The summed E-state index contributed by atoms with van der Waals surface area (Å²) in [6.45, 7) is 1.87. The molecule has 1 aromatic rings. The number of rotatable bonds is 5. The molecule has 0 spiro atoms. The fraction of sp³-hybridized carbons (Fsp3) is 0.500. The van der Waals surface area contributed by atoms with Crippen LogP contribution in [0.25, 0.3) is 0 Å². The van der Waals surface area contributed by atoms with E-state index >= 15 is 0 Å². The summed E-state index contributed by atoms with van der Waals surface area (Å²) in [5.41, 5.74) is 1.17. The zero-order chi connectivity index (χ0) is 13.0. The summed E-state index contributed by atoms with van der Waals surface area (Å²) in [7, 11) is 0. The van der Waals surface area contributed by atoms with Crippen LogP contribution in [-0.4, -0.2) is 29.1 Å². The Morgan fingerprint density at radius 3 is 2.94 bits per heavy atom. The Labute approximate surface area is 112 Å². The summed E-state index contributed by atoms with van der Waals surface area (Å²) >= 11 is 6.23. The van der Waals surface area contributed by atoms with E-state index in [9.17, 15) is 4.79 Å². The van der Waals surface area contributed by atoms with Crippen molar-refractivity contribution in [2.75, 3.05) is 13.1 Å². The lowest BCUT2D eigenvalue weighted by Crippen LogP contribution is -2.25. The molecule has 1 aliphatic heterocycles. The maximum atomic E-state index is 10.5. The summed E-state index contributed by atoms with van der Waals surface area (Å²) in [5.74, 6) is -0.719. The van der Waals surface area contributed by atoms with Crippen molar-refractivity contribution in [1.82, 2.24) is 4.90 Å². The van der Waals surface area contributed by atoms with Crippen molar-refractivity contribution in [2.45, 2.75) is 31.7 Å². The van der Waals surface area contributed by atoms with Crippen LogP contribution in [0.15, 0.2) is 24.3 Å². The molecular formula is C14H18ClNO2. The highest BCUT2D eigenvalue weighted by atomic mass is 35.5. The number of hydrogen-bond acceptors (Lipinski definition) is 2. The van der Waals surface area contributed by atoms with E-state index in [1.165, 1.54) is 5.56 Å². The Morgan fingerprint density at radius 2 is 2.22 bits per heavy atom. The summed E-state index contributed by atoms with van der Waals surface area (Å²) in [6.07, 6.45) is 3.21. The summed E-state index contributed by atoms with van der Waals surface area (Å²) in [4.78, 5) is 12.9. The maximum absolute atomic E-state index is 10.5. The molecule has 0 unspecified atom stereocenters. The molecule has 3 nitrogen and oxygen atoms in total. The van der Waals surface area contributed by atoms with Crippen LogP contribution in [0.2, 0.25) is 5.02 Å². The molecular weight excluding hydrogens is 250 g/mol. The summed E-state index contributed by atoms with van der Waals surface area (Å²) < 4.78 is 0. The average molecular weight is 268 g/mol. The van der Waals surface area contributed by atoms with Crippen molar-refractivity contribution in [3.05, 3.63) is 34.9 Å². The molecule has 1 fully saturated rings. The van der Waals surface area contributed by atoms with Crippen molar-refractivity contribution < 1.29 is 9.90 Å². The highest BCUT2D eigenvalue weighted by Crippen LogP contribution is 2.35. The van der Waals surface area contributed by atoms with Crippen molar-refractivity contribution in [3.63, 3.8) is 0 Å². The van der Waals surface area contributed by atoms with Crippen molar-refractivity contribution in [3.8, 4) is 0 Å². The number of benzene rings is 1. The highest BCUT2D eigenvalue weighted by molar-refractivity contribution is 6.31. The second kappa shape index (κ2) is 6.21. The topological polar surface area (TPSA) is 40.5 Å². The first-order valence-electron chi connectivity index (χ1n) is 6.39. The van der Waals surface area contributed by atoms with Gasteiger partial charge in [-0.05, 0) is 44.0 Å². The Hall–Kier alpha value is -1.06. The number of hydrogen-bond donors (Lipinski definition) is 1. The number of likely N-dealkylation sites (tertiary alicyclic amines) is 1. The quantitative estimate of drug-likeness (QED) is 0.889. The van der Waals surface area contributed by atoms with E-state index in [2.05, 4.69) is 11.0 Å². The molecule has 0 radical (unpaired) electrons. The number of carboxylic acid groups (broad SMARTS) is 1. The number of halogens is 1. The molecule has 1 N–H and O–H groups in total. The molecule has 0 saturated carbocycles. The zero-order valence-electron chi connectivity index (χ0n) is 10.3. The predicted octanol–water partition coefficient (Wildman–Crippen LogP) is 3.34. The molecule has 0 aromatic heterocycles. The van der Waals surface area contributed by atoms with Gasteiger partial charge in [0, 0.05) is 17.5 Å². The third-order valence-corrected chi connectivity index (χ3v) is 3.81. The second-order valence-electron chi connectivity index (χ2n) is 4.71. The van der Waals surface area contributed by atoms with Crippen LogP contribution in [0.4, 0.5) is 0 Å². The van der Waals surface area contributed by atoms with Gasteiger partial charge in [-0.15, -0.1) is 0 Å². The minimum absolute atomic E-state index is 0.242. The number of nitrogens with zero attached hydrogens (tertiary/aromatic N) is 1. The fourth-order valence-corrected chi connectivity index (χ4v) is 2.89. The molecule has 1 heterocycles. The number of carbonyl (C=O) groups is 1. The van der Waals surface area contributed by atoms with E-state index in [1.807, 2.05) is 18.2 Å². The first-order valence-corrected chi connectivity index (χ1v) is 6.76. The summed E-state index contributed by atoms with van der Waals surface area (Å²) in [5, 5.41) is 9.49. The first kappa shape index (κ1) is 13.4. The molecule has 1 atom stereocenters. The third-order valence-electron chi connectivity index (χ3n) is 3.46. The molecule has 4 heteroatoms. The molecule has 2 rings (SSSR count). The zero-order valence-corrected chi connectivity index (χ0v) is 11.1. The van der Waals surface area contributed by atoms with Crippen LogP contribution >= 0.6 is 11.6 Å². The van der Waals surface area contributed by atoms with Crippen molar-refractivity contribution >= 4 is 17.6 Å². The molecule has 0 amide bonds. The molecule has 0 aliphatic carbocycles. The Bertz CT molecular complexity index is 422. The lowest BCUT2D eigenvalue weighted by molar-refractivity contribution is -0.137. The van der Waals surface area contributed by atoms with Gasteiger partial charge in [-0.1, -0.05) is 29.8 Å². The van der Waals surface area contributed by atoms with E-state index in [0.717, 1.165) is 31.0 Å². The van der Waals surface area contributed by atoms with E-state index in [0.29, 0.717) is 12.5 Å². The largest absolute Gasteiger partial charge is 0.481 e. The lowest BCUT2D eigenvalue weighted by atomic mass is 10.0. The van der Waals surface area contributed by atoms with Gasteiger partial charge < -0.3 is 5.11 Å². The molecule has 1 saturated heterocycles. The normalized spacial score (nSPS) is 20.2. The van der Waals surface area contributed by atoms with Crippen LogP contribution in [-0.2, 0) is 4.79 Å². The van der Waals surface area contributed by atoms with Crippen LogP contribution in [0.1, 0.15) is 37.3 Å². The van der Waals surface area contributed by atoms with E-state index in [-0.39, 0.29) is 6.42 Å². The predicted molar refractivity (Wildman–Crippen MR) is 71.9 cm³/mol. The molecule has 98 valence electrons. The molecule has 18 heavy (non-hydrogen) atoms. The SMILES string of the molecule is O=C(O)CCCN1CCC[C@@H]1c1ccccc1Cl. The van der Waals surface area contributed by atoms with Gasteiger partial charge in [0.15, 0.2) is 0 Å². The van der Waals surface area contributed by atoms with E-state index < -0.39 is 5.97 Å². The van der Waals surface area contributed by atoms with Gasteiger partial charge in [-0.2, -0.15) is 0 Å². The van der Waals surface area contributed by atoms with Gasteiger partial charge in [0.1, 0.15) is 0 Å². The van der Waals surface area contributed by atoms with Crippen LogP contribution < -0.4 is 0 Å². The number of aliphatic carboxylic acids is 1. The minimum Gasteiger partial charge on any atom is -0.481 e. The standard InChI is InChI=1S/C14H18ClNO2/c15-12-6-2-1-5-11(12)13-7-3-9-16(13)10-4-8-14(17)18/h1-2,5-6,13H,3-4,7-10H2,(H,17,18)/t13-/m1/s1. The Kier molecular flexibility index (Phi) is 4.61. The van der Waals surface area contributed by atoms with Gasteiger partial charge in [0.05, 0.1) is 0 Å². The van der Waals surface area contributed by atoms with Crippen molar-refractivity contribution in [2.24, 2.45) is 0 Å². The molecule has 1 aromatic carbocycles. The molecule has 0 bridgehead atoms. The van der Waals surface area contributed by atoms with Crippen LogP contribution in [0, 0.1) is 0 Å². The van der Waals surface area contributed by atoms with Gasteiger partial charge in [0.2, 0.25) is 0 Å². The first-order chi connectivity index (χ1) is 8.68. The van der Waals surface area contributed by atoms with Gasteiger partial charge >= 0.3 is 5.97 Å². The Morgan fingerprint density at radius 1 is 1.44 bits per heavy atom. The second-order valence-corrected chi connectivity index (χ2v) is 5.12. The summed E-state index contributed by atoms with van der Waals surface area (Å²) in [6, 6.07) is 8.30. The minimum atomic E-state index is -0.719. The third kappa shape index (κ3) is 3.24. The number of carboxylic acids is 1. The van der Waals surface area contributed by atoms with Crippen LogP contribution in [0.5, 0.6) is 0 Å². The maximum Gasteiger partial charge on any atom is 0.303 e. The van der Waals surface area contributed by atoms with E-state index in [1.54, 1.807) is 0 Å². The smallest absolute Gasteiger partial charge is 0.303 e. The van der Waals surface area contributed by atoms with Gasteiger partial charge in [-0.25, -0.2) is 0 Å². The highest BCUT2D eigenvalue weighted by Gasteiger charge is 2.26. The van der Waals surface area contributed by atoms with Crippen LogP contribution in [0.3, 0.4) is 0 Å². The average Bonchev–Trinajstić information content (AvgIpc) is 2.77. The molecule has 1 aliphatic rings. The van der Waals surface area contributed by atoms with Gasteiger partial charge in [-0.3, -0.25) is 9.69 Å².